The average molecular weight is 885 g/mol. The predicted molar refractivity (Wildman–Crippen MR) is 286 cm³/mol. The monoisotopic (exact) mass is 884 g/mol. The van der Waals surface area contributed by atoms with Crippen LogP contribution in [0, 0.1) is 6.92 Å². The molecule has 4 heterocycles. The third-order valence-electron chi connectivity index (χ3n) is 13.9. The van der Waals surface area contributed by atoms with Gasteiger partial charge in [-0.25, -0.2) is 15.0 Å². The molecule has 0 saturated heterocycles. The fourth-order valence-electron chi connectivity index (χ4n) is 11.0. The molecule has 1 unspecified atom stereocenters. The van der Waals surface area contributed by atoms with Gasteiger partial charge in [0, 0.05) is 49.3 Å². The van der Waals surface area contributed by atoms with Crippen LogP contribution in [0.5, 0.6) is 0 Å². The molecule has 1 aliphatic carbocycles. The molecule has 0 radical (unpaired) electrons. The summed E-state index contributed by atoms with van der Waals surface area (Å²) in [6, 6.07) is 75.6. The van der Waals surface area contributed by atoms with E-state index in [-0.39, 0.29) is 0 Å². The maximum Gasteiger partial charge on any atom is 0.164 e. The predicted octanol–water partition coefficient (Wildman–Crippen LogP) is 15.3. The van der Waals surface area contributed by atoms with Crippen molar-refractivity contribution in [1.29, 1.82) is 0 Å². The van der Waals surface area contributed by atoms with Gasteiger partial charge in [-0.2, -0.15) is 0 Å². The van der Waals surface area contributed by atoms with Crippen LogP contribution in [-0.2, 0) is 5.54 Å². The third kappa shape index (κ3) is 6.02. The summed E-state index contributed by atoms with van der Waals surface area (Å²) in [4.78, 5) is 16.5. The summed E-state index contributed by atoms with van der Waals surface area (Å²) < 4.78 is 7.57. The lowest BCUT2D eigenvalue weighted by atomic mass is 9.80. The Morgan fingerprint density at radius 3 is 1.35 bits per heavy atom. The van der Waals surface area contributed by atoms with Crippen LogP contribution < -0.4 is 0 Å². The molecular formula is C63H44N6. The number of hydrogen-bond donors (Lipinski definition) is 0. The maximum absolute atomic E-state index is 5.63. The number of para-hydroxylation sites is 5. The molecule has 4 aromatic heterocycles. The minimum Gasteiger partial charge on any atom is -0.320 e. The fraction of sp³-hybridized carbons (Fsp3) is 0.0317. The standard InChI is InChI=1S/C63H44N6/c1-3-4-35-52-42(2)46-30-14-19-36-53(46)67(52)58-41-51(62-65-60(43-24-8-5-9-25-43)64-61(66-62)44-26-10-6-11-27-44)63(45-28-12-7-13-29-45,69-56-39-22-17-33-49(56)50-34-18-23-40-57(50)69)59(58)68-54-37-20-15-31-47(54)48-32-16-21-38-55(48)68/h3-41H,1H2,2H3/b35-4-. The fourth-order valence-corrected chi connectivity index (χ4v) is 11.0. The molecule has 326 valence electrons. The smallest absolute Gasteiger partial charge is 0.164 e. The molecule has 0 N–H and O–H groups in total. The topological polar surface area (TPSA) is 53.5 Å². The number of fused-ring (bicyclic) bond motifs is 7. The highest BCUT2D eigenvalue weighted by atomic mass is 15.2. The van der Waals surface area contributed by atoms with Crippen molar-refractivity contribution in [2.45, 2.75) is 12.5 Å². The molecule has 13 rings (SSSR count). The van der Waals surface area contributed by atoms with Gasteiger partial charge in [0.05, 0.1) is 39.0 Å². The zero-order valence-electron chi connectivity index (χ0n) is 37.9. The summed E-state index contributed by atoms with van der Waals surface area (Å²) in [5.74, 6) is 1.75. The quantitative estimate of drug-likeness (QED) is 0.136. The second-order valence-corrected chi connectivity index (χ2v) is 17.6. The van der Waals surface area contributed by atoms with Gasteiger partial charge >= 0.3 is 0 Å². The van der Waals surface area contributed by atoms with Gasteiger partial charge in [-0.15, -0.1) is 0 Å². The SMILES string of the molecule is C=C/C=C\c1c(C)c2ccccc2n1C1=C(n2c3ccccc3c3ccccc32)C(c2ccccc2)(n2c3ccccc3c3ccccc32)C(c2nc(-c3ccccc3)nc(-c3ccccc3)n2)=C1. The Kier molecular flexibility index (Phi) is 9.34. The highest BCUT2D eigenvalue weighted by molar-refractivity contribution is 6.18. The molecule has 1 atom stereocenters. The lowest BCUT2D eigenvalue weighted by Gasteiger charge is -2.40. The summed E-state index contributed by atoms with van der Waals surface area (Å²) in [5.41, 5.74) is 12.2. The molecule has 69 heavy (non-hydrogen) atoms. The highest BCUT2D eigenvalue weighted by Crippen LogP contribution is 2.59. The Hall–Kier alpha value is -9.13. The van der Waals surface area contributed by atoms with E-state index >= 15 is 0 Å². The van der Waals surface area contributed by atoms with Crippen LogP contribution in [0.1, 0.15) is 22.6 Å². The van der Waals surface area contributed by atoms with Crippen LogP contribution in [-0.4, -0.2) is 28.7 Å². The van der Waals surface area contributed by atoms with Gasteiger partial charge < -0.3 is 13.7 Å². The van der Waals surface area contributed by atoms with Crippen LogP contribution in [0.4, 0.5) is 0 Å². The zero-order chi connectivity index (χ0) is 46.1. The van der Waals surface area contributed by atoms with Gasteiger partial charge in [0.1, 0.15) is 5.54 Å². The van der Waals surface area contributed by atoms with Crippen LogP contribution in [0.25, 0.3) is 100 Å². The first-order chi connectivity index (χ1) is 34.1. The van der Waals surface area contributed by atoms with E-state index in [1.54, 1.807) is 0 Å². The Morgan fingerprint density at radius 1 is 0.435 bits per heavy atom. The Morgan fingerprint density at radius 2 is 0.841 bits per heavy atom. The van der Waals surface area contributed by atoms with Crippen molar-refractivity contribution in [3.05, 3.63) is 260 Å². The number of benzene rings is 8. The van der Waals surface area contributed by atoms with E-state index in [4.69, 9.17) is 15.0 Å². The second-order valence-electron chi connectivity index (χ2n) is 17.6. The molecular weight excluding hydrogens is 841 g/mol. The van der Waals surface area contributed by atoms with E-state index in [1.807, 2.05) is 48.6 Å². The number of hydrogen-bond acceptors (Lipinski definition) is 3. The van der Waals surface area contributed by atoms with Gasteiger partial charge in [-0.1, -0.05) is 201 Å². The van der Waals surface area contributed by atoms with Gasteiger partial charge in [0.2, 0.25) is 0 Å². The van der Waals surface area contributed by atoms with Crippen molar-refractivity contribution < 1.29 is 0 Å². The zero-order valence-corrected chi connectivity index (χ0v) is 37.9. The largest absolute Gasteiger partial charge is 0.320 e. The highest BCUT2D eigenvalue weighted by Gasteiger charge is 2.52. The van der Waals surface area contributed by atoms with E-state index < -0.39 is 5.54 Å². The van der Waals surface area contributed by atoms with E-state index in [9.17, 15) is 0 Å². The minimum atomic E-state index is -1.16. The van der Waals surface area contributed by atoms with Crippen molar-refractivity contribution in [1.82, 2.24) is 28.7 Å². The molecule has 0 bridgehead atoms. The molecule has 0 aliphatic heterocycles. The van der Waals surface area contributed by atoms with Gasteiger partial charge in [-0.3, -0.25) is 0 Å². The van der Waals surface area contributed by atoms with E-state index in [0.29, 0.717) is 17.5 Å². The molecule has 0 spiro atoms. The first kappa shape index (κ1) is 40.2. The maximum atomic E-state index is 5.63. The molecule has 8 aromatic carbocycles. The van der Waals surface area contributed by atoms with Crippen molar-refractivity contribution >= 4 is 77.6 Å². The number of aryl methyl sites for hydroxylation is 1. The number of aromatic nitrogens is 6. The number of nitrogens with zero attached hydrogens (tertiary/aromatic N) is 6. The van der Waals surface area contributed by atoms with E-state index in [2.05, 4.69) is 215 Å². The van der Waals surface area contributed by atoms with Crippen LogP contribution in [0.2, 0.25) is 0 Å². The molecule has 0 fully saturated rings. The number of allylic oxidation sites excluding steroid dienone is 6. The van der Waals surface area contributed by atoms with Crippen molar-refractivity contribution in [2.24, 2.45) is 0 Å². The Balaban J connectivity index is 1.32. The average Bonchev–Trinajstić information content (AvgIpc) is 4.13. The third-order valence-corrected chi connectivity index (χ3v) is 13.9. The Bertz CT molecular complexity index is 3930. The lowest BCUT2D eigenvalue weighted by Crippen LogP contribution is -2.39. The molecule has 6 heteroatoms. The molecule has 6 nitrogen and oxygen atoms in total. The minimum absolute atomic E-state index is 0.568. The van der Waals surface area contributed by atoms with Crippen molar-refractivity contribution in [3.63, 3.8) is 0 Å². The van der Waals surface area contributed by atoms with Crippen molar-refractivity contribution in [3.8, 4) is 22.8 Å². The summed E-state index contributed by atoms with van der Waals surface area (Å²) in [6.45, 7) is 6.36. The molecule has 1 aliphatic rings. The first-order valence-corrected chi connectivity index (χ1v) is 23.4. The summed E-state index contributed by atoms with van der Waals surface area (Å²) in [7, 11) is 0. The molecule has 0 amide bonds. The number of rotatable bonds is 9. The summed E-state index contributed by atoms with van der Waals surface area (Å²) in [5, 5.41) is 5.80. The molecule has 0 saturated carbocycles. The lowest BCUT2D eigenvalue weighted by molar-refractivity contribution is 0.612. The van der Waals surface area contributed by atoms with Crippen LogP contribution >= 0.6 is 0 Å². The summed E-state index contributed by atoms with van der Waals surface area (Å²) >= 11 is 0. The van der Waals surface area contributed by atoms with Gasteiger partial charge in [0.15, 0.2) is 17.5 Å². The Labute approximate surface area is 399 Å². The van der Waals surface area contributed by atoms with Crippen LogP contribution in [0.15, 0.2) is 237 Å². The first-order valence-electron chi connectivity index (χ1n) is 23.4. The summed E-state index contributed by atoms with van der Waals surface area (Å²) in [6.07, 6.45) is 8.47. The second kappa shape index (κ2) is 16.0. The van der Waals surface area contributed by atoms with E-state index in [1.165, 1.54) is 5.56 Å². The van der Waals surface area contributed by atoms with Crippen molar-refractivity contribution in [2.75, 3.05) is 0 Å². The van der Waals surface area contributed by atoms with Crippen LogP contribution in [0.3, 0.4) is 0 Å². The van der Waals surface area contributed by atoms with Gasteiger partial charge in [0.25, 0.3) is 0 Å². The van der Waals surface area contributed by atoms with E-state index in [0.717, 1.165) is 93.9 Å². The molecule has 12 aromatic rings. The normalized spacial score (nSPS) is 15.1. The van der Waals surface area contributed by atoms with Gasteiger partial charge in [-0.05, 0) is 60.5 Å².